The molecule has 0 saturated carbocycles. The predicted molar refractivity (Wildman–Crippen MR) is 462 cm³/mol. The summed E-state index contributed by atoms with van der Waals surface area (Å²) in [4.78, 5) is 70.9. The van der Waals surface area contributed by atoms with Gasteiger partial charge in [0.15, 0.2) is 52.1 Å². The third kappa shape index (κ3) is 45.0. The van der Waals surface area contributed by atoms with Crippen molar-refractivity contribution in [3.05, 3.63) is 246 Å². The number of methoxy groups -OCH3 is 2. The molecule has 0 radical (unpaired) electrons. The van der Waals surface area contributed by atoms with Crippen molar-refractivity contribution in [3.63, 3.8) is 0 Å². The minimum atomic E-state index is -0.433. The Bertz CT molecular complexity index is 4510. The number of alkyl halides is 3. The fraction of sp³-hybridized carbons (Fsp3) is 0.310. The van der Waals surface area contributed by atoms with Crippen molar-refractivity contribution in [2.75, 3.05) is 32.8 Å². The van der Waals surface area contributed by atoms with Gasteiger partial charge in [-0.15, -0.1) is 0 Å². The summed E-state index contributed by atoms with van der Waals surface area (Å²) < 4.78 is 43.9. The van der Waals surface area contributed by atoms with Gasteiger partial charge in [0.1, 0.15) is 23.0 Å². The summed E-state index contributed by atoms with van der Waals surface area (Å²) in [6.45, 7) is 15.8. The van der Waals surface area contributed by atoms with Gasteiger partial charge in [0.2, 0.25) is 17.7 Å². The van der Waals surface area contributed by atoms with Gasteiger partial charge in [-0.05, 0) is 160 Å². The van der Waals surface area contributed by atoms with Crippen molar-refractivity contribution in [3.8, 4) is 63.0 Å². The zero-order chi connectivity index (χ0) is 83.9. The van der Waals surface area contributed by atoms with E-state index in [0.29, 0.717) is 66.8 Å². The van der Waals surface area contributed by atoms with Crippen LogP contribution >= 0.6 is 108 Å². The zero-order valence-corrected chi connectivity index (χ0v) is 90.1. The van der Waals surface area contributed by atoms with Gasteiger partial charge in [-0.25, -0.2) is 24.5 Å². The number of oxazole rings is 3. The van der Waals surface area contributed by atoms with E-state index in [1.54, 1.807) is 56.4 Å². The second kappa shape index (κ2) is 67.1. The number of aromatic nitrogens is 3. The number of carbonyl (C=O) groups excluding carboxylic acids is 5. The number of hydrogen-bond acceptors (Lipinski definition) is 20. The van der Waals surface area contributed by atoms with Crippen LogP contribution in [0, 0.1) is 25.2 Å². The molecule has 0 amide bonds. The first-order valence-corrected chi connectivity index (χ1v) is 44.0. The van der Waals surface area contributed by atoms with E-state index in [1.165, 1.54) is 60.9 Å². The molecule has 0 spiro atoms. The van der Waals surface area contributed by atoms with Crippen LogP contribution in [0.4, 0.5) is 0 Å². The number of rotatable bonds is 28. The fourth-order valence-corrected chi connectivity index (χ4v) is 11.2. The molecular formula is C84H93Br7Cs2N6O16. The average molecular weight is 2270 g/mol. The zero-order valence-electron chi connectivity index (χ0n) is 67.5. The summed E-state index contributed by atoms with van der Waals surface area (Å²) in [5, 5.41) is 26.8. The van der Waals surface area contributed by atoms with E-state index in [0.717, 1.165) is 107 Å². The van der Waals surface area contributed by atoms with Gasteiger partial charge in [0.25, 0.3) is 12.3 Å². The Kier molecular flexibility index (Phi) is 64.4. The average Bonchev–Trinajstić information content (AvgIpc) is 1.81. The van der Waals surface area contributed by atoms with Crippen molar-refractivity contribution < 1.29 is 220 Å². The van der Waals surface area contributed by atoms with Crippen LogP contribution in [-0.4, -0.2) is 93.8 Å². The van der Waals surface area contributed by atoms with E-state index >= 15 is 0 Å². The SMILES string of the molecule is BrBr.CCCc1ccc(-c2cnc(CBr)o2)cc1.CCCc1ccc(-c2oc(CBr)nc2Br)cc1.CCCc1ccc(-c2oc(COc3ccc(OCC(=O)OC)c(C)c3)nc2Br)cc1.CCCc1ccc(C(=O)C=[N+]=[N-])cc1.CCCc1ccc(C(C)=O)cc1.COC(=O)COc1ccc(O)cc1C.N#CCBr.O=CO[O-].[Cs+].[Cs+].[H-]. The van der Waals surface area contributed by atoms with Crippen molar-refractivity contribution in [2.24, 2.45) is 0 Å². The number of nitriles is 1. The molecule has 0 bridgehead atoms. The van der Waals surface area contributed by atoms with Crippen LogP contribution in [0.5, 0.6) is 23.0 Å². The number of esters is 2. The van der Waals surface area contributed by atoms with Gasteiger partial charge in [0.05, 0.1) is 42.5 Å². The second-order valence-corrected chi connectivity index (χ2v) is 26.8. The molecule has 0 aliphatic rings. The topological polar surface area (TPSA) is 322 Å². The number of benzene rings is 7. The Morgan fingerprint density at radius 1 is 0.565 bits per heavy atom. The molecule has 1 N–H and O–H groups in total. The second-order valence-electron chi connectivity index (χ2n) is 23.6. The molecule has 606 valence electrons. The van der Waals surface area contributed by atoms with Gasteiger partial charge in [0, 0.05) is 56.1 Å². The third-order valence-electron chi connectivity index (χ3n) is 15.1. The van der Waals surface area contributed by atoms with E-state index in [2.05, 4.69) is 237 Å². The molecule has 10 rings (SSSR count). The van der Waals surface area contributed by atoms with Crippen LogP contribution in [0.25, 0.3) is 39.5 Å². The Morgan fingerprint density at radius 2 is 0.939 bits per heavy atom. The molecule has 0 atom stereocenters. The number of ketones is 2. The van der Waals surface area contributed by atoms with Gasteiger partial charge < -0.3 is 59.1 Å². The standard InChI is InChI=1S/C23H24BrNO5.C13H13Br2NO.C13H14BrNO.C11H12N2O.C11H14O.C10H12O4.C2H2BrN.CH2O3.Br2.2Cs.H/c1-4-5-16-6-8-17(9-7-16)22-23(24)25-20(30-22)13-28-18-10-11-19(15(2)12-18)29-14-21(26)27-3;1-2-3-9-4-6-10(7-5-9)12-13(15)16-11(8-14)17-12;1-2-3-10-4-6-11(7-5-10)12-9-15-13(8-14)16-12;1-2-3-9-4-6-10(7-5-9)11(14)8-13-12;1-3-4-10-5-7-11(8-6-10)9(2)12;1-7-5-8(11)3-4-9(7)14-6-10(12)13-2;3-1-2-4;2-1-4-3;1-2;;;/h6-12H,4-5,13-14H2,1-3H3;4-7H,2-3,8H2,1H3;4-7,9H,2-3,8H2,1H3;4-8H,2-3H2,1H3;5-8H,3-4H2,1-2H3;3-5,11H,6H2,1-2H3;1H2;1,3H;;;;/q;;;;;;;;;2*+1;-1/p-1. The van der Waals surface area contributed by atoms with Crippen LogP contribution in [0.2, 0.25) is 0 Å². The first-order chi connectivity index (χ1) is 54.5. The summed E-state index contributed by atoms with van der Waals surface area (Å²) in [6, 6.07) is 52.2. The number of carbonyl (C=O) groups is 5. The molecule has 31 heteroatoms. The number of Topliss-reactive ketones (excluding diaryl/α,β-unsaturated/α-hetero) is 2. The maximum Gasteiger partial charge on any atom is 1.00 e. The van der Waals surface area contributed by atoms with Crippen LogP contribution < -0.4 is 157 Å². The number of nitrogens with zero attached hydrogens (tertiary/aromatic N) is 6. The number of halogens is 7. The van der Waals surface area contributed by atoms with E-state index in [1.807, 2.05) is 67.6 Å². The molecule has 0 aliphatic carbocycles. The number of ether oxygens (including phenoxy) is 5. The Labute approximate surface area is 850 Å². The quantitative estimate of drug-likeness (QED) is 0.00548. The molecule has 0 aliphatic heterocycles. The minimum absolute atomic E-state index is 0. The minimum Gasteiger partial charge on any atom is -1.00 e. The molecule has 22 nitrogen and oxygen atoms in total. The molecule has 0 unspecified atom stereocenters. The summed E-state index contributed by atoms with van der Waals surface area (Å²) in [5.74, 6) is 5.15. The molecule has 0 fully saturated rings. The molecule has 7 aromatic carbocycles. The molecule has 3 heterocycles. The van der Waals surface area contributed by atoms with Crippen molar-refractivity contribution >= 4 is 144 Å². The normalized spacial score (nSPS) is 9.57. The molecule has 115 heavy (non-hydrogen) atoms. The summed E-state index contributed by atoms with van der Waals surface area (Å²) >= 11 is 21.9. The maximum absolute atomic E-state index is 11.2. The van der Waals surface area contributed by atoms with Crippen LogP contribution in [0.1, 0.15) is 152 Å². The Balaban J connectivity index is 0. The van der Waals surface area contributed by atoms with Crippen LogP contribution in [-0.2, 0) is 78.1 Å². The summed E-state index contributed by atoms with van der Waals surface area (Å²) in [6.07, 6.45) is 13.8. The number of aromatic hydroxyl groups is 1. The van der Waals surface area contributed by atoms with Crippen molar-refractivity contribution in [1.29, 1.82) is 5.26 Å². The molecular weight excluding hydrogens is 2170 g/mol. The number of phenolic OH excluding ortho intramolecular Hbond substituents is 1. The number of aryl methyl sites for hydroxylation is 7. The molecule has 10 aromatic rings. The van der Waals surface area contributed by atoms with Gasteiger partial charge in [-0.1, -0.05) is 236 Å². The van der Waals surface area contributed by atoms with Crippen molar-refractivity contribution in [2.45, 2.75) is 137 Å². The molecule has 0 saturated heterocycles. The largest absolute Gasteiger partial charge is 1.00 e. The maximum atomic E-state index is 11.2. The third-order valence-corrected chi connectivity index (χ3v) is 17.4. The smallest absolute Gasteiger partial charge is 1.00 e. The van der Waals surface area contributed by atoms with Crippen molar-refractivity contribution in [1.82, 2.24) is 15.0 Å². The first kappa shape index (κ1) is 110. The van der Waals surface area contributed by atoms with Crippen LogP contribution in [0.3, 0.4) is 0 Å². The van der Waals surface area contributed by atoms with Gasteiger partial charge in [-0.2, -0.15) is 10.1 Å². The van der Waals surface area contributed by atoms with E-state index in [9.17, 15) is 19.2 Å². The van der Waals surface area contributed by atoms with E-state index < -0.39 is 11.9 Å². The van der Waals surface area contributed by atoms with Gasteiger partial charge in [-0.3, -0.25) is 14.4 Å². The van der Waals surface area contributed by atoms with E-state index in [4.69, 9.17) is 53.4 Å². The number of phenols is 1. The fourth-order valence-electron chi connectivity index (χ4n) is 9.67. The van der Waals surface area contributed by atoms with Crippen LogP contribution in [0.15, 0.2) is 186 Å². The Morgan fingerprint density at radius 3 is 1.28 bits per heavy atom. The first-order valence-electron chi connectivity index (χ1n) is 35.3. The van der Waals surface area contributed by atoms with Gasteiger partial charge >= 0.3 is 156 Å². The predicted octanol–water partition coefficient (Wildman–Crippen LogP) is 16.0. The number of hydrogen-bond donors (Lipinski definition) is 1. The summed E-state index contributed by atoms with van der Waals surface area (Å²) in [7, 11) is 2.62. The van der Waals surface area contributed by atoms with E-state index in [-0.39, 0.29) is 183 Å². The molecule has 3 aromatic heterocycles. The summed E-state index contributed by atoms with van der Waals surface area (Å²) in [5.41, 5.74) is 20.8. The Hall–Kier alpha value is -4.59. The monoisotopic (exact) mass is 2260 g/mol.